The van der Waals surface area contributed by atoms with Crippen molar-refractivity contribution in [1.29, 1.82) is 0 Å². The molecule has 0 spiro atoms. The number of nitrogens with one attached hydrogen (secondary N) is 2. The Morgan fingerprint density at radius 1 is 1.11 bits per heavy atom. The molecule has 13 heteroatoms. The van der Waals surface area contributed by atoms with Crippen LogP contribution in [0.25, 0.3) is 32.9 Å². The zero-order chi connectivity index (χ0) is 30.3. The average Bonchev–Trinajstić information content (AvgIpc) is 3.77. The van der Waals surface area contributed by atoms with Crippen LogP contribution < -0.4 is 19.7 Å². The predicted molar refractivity (Wildman–Crippen MR) is 162 cm³/mol. The number of H-pyrrole nitrogens is 1. The number of rotatable bonds is 6. The molecule has 0 saturated carbocycles. The van der Waals surface area contributed by atoms with Gasteiger partial charge < -0.3 is 19.7 Å². The molecule has 2 N–H and O–H groups in total. The van der Waals surface area contributed by atoms with Crippen molar-refractivity contribution in [3.8, 4) is 22.9 Å². The molecule has 4 aromatic rings. The molecule has 4 fully saturated rings. The second-order valence-corrected chi connectivity index (χ2v) is 13.1. The van der Waals surface area contributed by atoms with E-state index in [2.05, 4.69) is 25.4 Å². The molecule has 44 heavy (non-hydrogen) atoms. The predicted octanol–water partition coefficient (Wildman–Crippen LogP) is 5.32. The molecule has 4 aliphatic rings. The van der Waals surface area contributed by atoms with Crippen molar-refractivity contribution in [2.24, 2.45) is 0 Å². The summed E-state index contributed by atoms with van der Waals surface area (Å²) in [5.41, 5.74) is 0.442. The third-order valence-corrected chi connectivity index (χ3v) is 10.5. The van der Waals surface area contributed by atoms with Crippen LogP contribution in [0.15, 0.2) is 12.3 Å². The first-order valence-electron chi connectivity index (χ1n) is 15.2. The van der Waals surface area contributed by atoms with Gasteiger partial charge in [0.05, 0.1) is 40.3 Å². The number of anilines is 1. The van der Waals surface area contributed by atoms with Crippen LogP contribution >= 0.6 is 11.6 Å². The van der Waals surface area contributed by atoms with Crippen LogP contribution in [0.5, 0.6) is 11.8 Å². The number of nitrogens with zero attached hydrogens (tertiary/aromatic N) is 5. The van der Waals surface area contributed by atoms with Gasteiger partial charge >= 0.3 is 6.01 Å². The quantitative estimate of drug-likeness (QED) is 0.297. The Kier molecular flexibility index (Phi) is 6.62. The summed E-state index contributed by atoms with van der Waals surface area (Å²) >= 11 is 6.74. The molecule has 4 saturated heterocycles. The number of methoxy groups -OCH3 is 1. The molecule has 9 nitrogen and oxygen atoms in total. The third-order valence-electron chi connectivity index (χ3n) is 10.0. The summed E-state index contributed by atoms with van der Waals surface area (Å²) in [5, 5.41) is 11.3. The van der Waals surface area contributed by atoms with Crippen molar-refractivity contribution < 1.29 is 22.6 Å². The number of benzene rings is 2. The number of ether oxygens (including phenoxy) is 2. The summed E-state index contributed by atoms with van der Waals surface area (Å²) in [6.45, 7) is 4.35. The fourth-order valence-corrected chi connectivity index (χ4v) is 8.25. The highest BCUT2D eigenvalue weighted by atomic mass is 35.5. The van der Waals surface area contributed by atoms with E-state index in [-0.39, 0.29) is 57.5 Å². The molecular formula is C31H33ClF3N7O2. The molecule has 0 amide bonds. The maximum Gasteiger partial charge on any atom is 0.319 e. The van der Waals surface area contributed by atoms with Crippen LogP contribution in [-0.2, 0) is 0 Å². The molecule has 2 aromatic heterocycles. The van der Waals surface area contributed by atoms with Crippen LogP contribution in [0, 0.1) is 18.6 Å². The SMILES string of the molecule is COc1c(F)c(-c2c(Cl)c(C)cc3[nH]ncc23)c(F)c2nc(OC[C@@]34CCCN3C[C@H](F)C4)nc(N3CC4CCC(C3)N4)c12. The first-order chi connectivity index (χ1) is 21.3. The van der Waals surface area contributed by atoms with Gasteiger partial charge in [0.1, 0.15) is 24.1 Å². The fourth-order valence-electron chi connectivity index (χ4n) is 8.00. The molecule has 4 atom stereocenters. The first-order valence-corrected chi connectivity index (χ1v) is 15.6. The summed E-state index contributed by atoms with van der Waals surface area (Å²) in [7, 11) is 1.35. The maximum absolute atomic E-state index is 17.0. The first kappa shape index (κ1) is 28.1. The number of piperazine rings is 1. The summed E-state index contributed by atoms with van der Waals surface area (Å²) in [4.78, 5) is 13.5. The van der Waals surface area contributed by atoms with E-state index in [0.29, 0.717) is 48.3 Å². The number of aromatic nitrogens is 4. The molecule has 0 radical (unpaired) electrons. The van der Waals surface area contributed by atoms with Gasteiger partial charge in [0, 0.05) is 49.1 Å². The van der Waals surface area contributed by atoms with Gasteiger partial charge in [0.2, 0.25) is 0 Å². The highest BCUT2D eigenvalue weighted by molar-refractivity contribution is 6.36. The summed E-state index contributed by atoms with van der Waals surface area (Å²) in [5.74, 6) is -1.62. The van der Waals surface area contributed by atoms with Gasteiger partial charge in [0.15, 0.2) is 17.4 Å². The second kappa shape index (κ2) is 10.3. The minimum atomic E-state index is -0.922. The third kappa shape index (κ3) is 4.24. The molecule has 232 valence electrons. The lowest BCUT2D eigenvalue weighted by atomic mass is 9.95. The van der Waals surface area contributed by atoms with Gasteiger partial charge in [-0.25, -0.2) is 13.2 Å². The minimum Gasteiger partial charge on any atom is -0.493 e. The van der Waals surface area contributed by atoms with E-state index in [1.165, 1.54) is 13.3 Å². The topological polar surface area (TPSA) is 91.4 Å². The van der Waals surface area contributed by atoms with E-state index in [1.807, 2.05) is 4.90 Å². The Labute approximate surface area is 257 Å². The lowest BCUT2D eigenvalue weighted by molar-refractivity contribution is 0.107. The largest absolute Gasteiger partial charge is 0.493 e. The van der Waals surface area contributed by atoms with E-state index < -0.39 is 23.3 Å². The van der Waals surface area contributed by atoms with Crippen molar-refractivity contribution >= 4 is 39.2 Å². The highest BCUT2D eigenvalue weighted by Gasteiger charge is 2.49. The Morgan fingerprint density at radius 2 is 1.91 bits per heavy atom. The summed E-state index contributed by atoms with van der Waals surface area (Å²) < 4.78 is 60.0. The van der Waals surface area contributed by atoms with Crippen LogP contribution in [0.2, 0.25) is 5.02 Å². The maximum atomic E-state index is 17.0. The van der Waals surface area contributed by atoms with Crippen LogP contribution in [-0.4, -0.2) is 88.8 Å². The number of aryl methyl sites for hydroxylation is 1. The Hall–Kier alpha value is -3.35. The Balaban J connectivity index is 1.33. The molecule has 0 aliphatic carbocycles. The molecule has 6 heterocycles. The average molecular weight is 628 g/mol. The zero-order valence-corrected chi connectivity index (χ0v) is 25.3. The van der Waals surface area contributed by atoms with Gasteiger partial charge in [-0.1, -0.05) is 11.6 Å². The smallest absolute Gasteiger partial charge is 0.319 e. The van der Waals surface area contributed by atoms with Crippen molar-refractivity contribution in [1.82, 2.24) is 30.4 Å². The van der Waals surface area contributed by atoms with E-state index in [0.717, 1.165) is 32.2 Å². The number of alkyl halides is 1. The number of hydrogen-bond acceptors (Lipinski definition) is 8. The molecule has 2 unspecified atom stereocenters. The number of fused-ring (bicyclic) bond motifs is 5. The highest BCUT2D eigenvalue weighted by Crippen LogP contribution is 2.48. The van der Waals surface area contributed by atoms with Crippen LogP contribution in [0.1, 0.15) is 37.7 Å². The van der Waals surface area contributed by atoms with Crippen molar-refractivity contribution in [3.05, 3.63) is 34.5 Å². The van der Waals surface area contributed by atoms with Crippen LogP contribution in [0.3, 0.4) is 0 Å². The zero-order valence-electron chi connectivity index (χ0n) is 24.5. The van der Waals surface area contributed by atoms with E-state index in [9.17, 15) is 4.39 Å². The van der Waals surface area contributed by atoms with Crippen molar-refractivity contribution in [2.75, 3.05) is 44.8 Å². The molecule has 2 bridgehead atoms. The number of halogens is 4. The van der Waals surface area contributed by atoms with Crippen molar-refractivity contribution in [2.45, 2.75) is 62.8 Å². The van der Waals surface area contributed by atoms with Crippen LogP contribution in [0.4, 0.5) is 19.0 Å². The van der Waals surface area contributed by atoms with Gasteiger partial charge in [-0.05, 0) is 50.8 Å². The summed E-state index contributed by atoms with van der Waals surface area (Å²) in [6, 6.07) is 2.21. The lowest BCUT2D eigenvalue weighted by Gasteiger charge is -2.35. The molecular weight excluding hydrogens is 595 g/mol. The lowest BCUT2D eigenvalue weighted by Crippen LogP contribution is -2.51. The number of aromatic amines is 1. The van der Waals surface area contributed by atoms with Crippen molar-refractivity contribution in [3.63, 3.8) is 0 Å². The second-order valence-electron chi connectivity index (χ2n) is 12.7. The standard InChI is InChI=1S/C31H33ClF3N7O2/c1-15-8-20-19(10-36-40-20)21(24(15)32)22-25(34)27-23(28(43-2)26(22)35)29(41-12-17-4-5-18(13-41)37-17)39-30(38-27)44-14-31-6-3-7-42(31)11-16(33)9-31/h8,10,16-18,37H,3-7,9,11-14H2,1-2H3,(H,36,40)/t16-,17?,18?,31+/m1/s1. The fraction of sp³-hybridized carbons (Fsp3) is 0.516. The van der Waals surface area contributed by atoms with Gasteiger partial charge in [0.25, 0.3) is 0 Å². The molecule has 8 rings (SSSR count). The molecule has 4 aliphatic heterocycles. The van der Waals surface area contributed by atoms with Gasteiger partial charge in [-0.2, -0.15) is 15.1 Å². The minimum absolute atomic E-state index is 0.0378. The molecule has 2 aromatic carbocycles. The van der Waals surface area contributed by atoms with Gasteiger partial charge in [-0.3, -0.25) is 10.00 Å². The Morgan fingerprint density at radius 3 is 2.68 bits per heavy atom. The van der Waals surface area contributed by atoms with E-state index in [4.69, 9.17) is 26.1 Å². The monoisotopic (exact) mass is 627 g/mol. The summed E-state index contributed by atoms with van der Waals surface area (Å²) in [6.07, 6.45) is 4.72. The number of hydrogen-bond donors (Lipinski definition) is 2. The van der Waals surface area contributed by atoms with E-state index >= 15 is 8.78 Å². The van der Waals surface area contributed by atoms with E-state index in [1.54, 1.807) is 13.0 Å². The van der Waals surface area contributed by atoms with Gasteiger partial charge in [-0.15, -0.1) is 0 Å². The Bertz CT molecular complexity index is 1790. The normalized spacial score (nSPS) is 26.7.